The maximum atomic E-state index is 12.4. The first-order chi connectivity index (χ1) is 10.0. The molecule has 2 heterocycles. The van der Waals surface area contributed by atoms with Crippen LogP contribution in [-0.4, -0.2) is 65.2 Å². The Morgan fingerprint density at radius 1 is 1.38 bits per heavy atom. The number of urea groups is 1. The van der Waals surface area contributed by atoms with Crippen molar-refractivity contribution in [2.45, 2.75) is 12.6 Å². The number of aliphatic carboxylic acids is 1. The van der Waals surface area contributed by atoms with Crippen LogP contribution in [0, 0.1) is 5.92 Å². The number of likely N-dealkylation sites (N-methyl/N-ethyl adjacent to an activating group) is 1. The number of pyridine rings is 1. The zero-order valence-electron chi connectivity index (χ0n) is 12.1. The molecule has 7 nitrogen and oxygen atoms in total. The molecule has 1 aromatic rings. The van der Waals surface area contributed by atoms with Gasteiger partial charge >= 0.3 is 12.0 Å². The van der Waals surface area contributed by atoms with Crippen LogP contribution in [0.4, 0.5) is 4.79 Å². The lowest BCUT2D eigenvalue weighted by Crippen LogP contribution is -2.48. The van der Waals surface area contributed by atoms with Crippen molar-refractivity contribution in [2.24, 2.45) is 5.92 Å². The molecule has 114 valence electrons. The molecule has 2 unspecified atom stereocenters. The Labute approximate surface area is 123 Å². The monoisotopic (exact) mass is 293 g/mol. The van der Waals surface area contributed by atoms with E-state index in [2.05, 4.69) is 4.98 Å². The van der Waals surface area contributed by atoms with Gasteiger partial charge in [-0.2, -0.15) is 0 Å². The van der Waals surface area contributed by atoms with Gasteiger partial charge in [0.15, 0.2) is 0 Å². The van der Waals surface area contributed by atoms with Gasteiger partial charge in [-0.05, 0) is 12.1 Å². The van der Waals surface area contributed by atoms with Gasteiger partial charge in [-0.25, -0.2) is 4.79 Å². The molecule has 0 radical (unpaired) electrons. The number of amides is 2. The van der Waals surface area contributed by atoms with Crippen LogP contribution in [0.25, 0.3) is 0 Å². The van der Waals surface area contributed by atoms with Crippen LogP contribution in [0.15, 0.2) is 24.4 Å². The Balaban J connectivity index is 2.00. The van der Waals surface area contributed by atoms with E-state index in [0.717, 1.165) is 5.69 Å². The highest BCUT2D eigenvalue weighted by Crippen LogP contribution is 2.20. The third kappa shape index (κ3) is 3.49. The van der Waals surface area contributed by atoms with Gasteiger partial charge in [0.05, 0.1) is 31.5 Å². The van der Waals surface area contributed by atoms with Crippen LogP contribution in [-0.2, 0) is 16.1 Å². The number of carbonyl (C=O) groups excluding carboxylic acids is 1. The fraction of sp³-hybridized carbons (Fsp3) is 0.500. The second-order valence-electron chi connectivity index (χ2n) is 5.12. The average Bonchev–Trinajstić information content (AvgIpc) is 2.96. The molecule has 2 atom stereocenters. The zero-order valence-corrected chi connectivity index (χ0v) is 12.1. The van der Waals surface area contributed by atoms with Crippen molar-refractivity contribution >= 4 is 12.0 Å². The lowest BCUT2D eigenvalue weighted by atomic mass is 10.0. The van der Waals surface area contributed by atoms with Gasteiger partial charge in [-0.1, -0.05) is 6.07 Å². The summed E-state index contributed by atoms with van der Waals surface area (Å²) in [7, 11) is 3.27. The smallest absolute Gasteiger partial charge is 0.320 e. The predicted octanol–water partition coefficient (Wildman–Crippen LogP) is 0.665. The topological polar surface area (TPSA) is 83.0 Å². The average molecular weight is 293 g/mol. The van der Waals surface area contributed by atoms with E-state index in [1.165, 1.54) is 9.80 Å². The first-order valence-electron chi connectivity index (χ1n) is 6.69. The number of carboxylic acids is 1. The van der Waals surface area contributed by atoms with Gasteiger partial charge in [0.2, 0.25) is 0 Å². The summed E-state index contributed by atoms with van der Waals surface area (Å²) in [5.74, 6) is -1.62. The molecule has 1 aliphatic heterocycles. The third-order valence-corrected chi connectivity index (χ3v) is 3.62. The van der Waals surface area contributed by atoms with Crippen LogP contribution in [0.2, 0.25) is 0 Å². The molecule has 0 spiro atoms. The summed E-state index contributed by atoms with van der Waals surface area (Å²) in [6.07, 6.45) is 1.67. The SMILES string of the molecule is CN(Cc1ccccn1)C(=O)N(C)C1COCC1C(=O)O. The van der Waals surface area contributed by atoms with E-state index < -0.39 is 17.9 Å². The molecule has 0 bridgehead atoms. The molecular formula is C14H19N3O4. The Kier molecular flexibility index (Phi) is 4.74. The number of rotatable bonds is 4. The second-order valence-corrected chi connectivity index (χ2v) is 5.12. The summed E-state index contributed by atoms with van der Waals surface area (Å²) in [4.78, 5) is 30.7. The molecule has 0 aromatic carbocycles. The van der Waals surface area contributed by atoms with Crippen LogP contribution in [0.3, 0.4) is 0 Å². The fourth-order valence-electron chi connectivity index (χ4n) is 2.37. The third-order valence-electron chi connectivity index (χ3n) is 3.62. The summed E-state index contributed by atoms with van der Waals surface area (Å²) in [6.45, 7) is 0.757. The standard InChI is InChI=1S/C14H19N3O4/c1-16(7-10-5-3-4-6-15-10)14(20)17(2)12-9-21-8-11(12)13(18)19/h3-6,11-12H,7-9H2,1-2H3,(H,18,19). The number of hydrogen-bond acceptors (Lipinski definition) is 4. The van der Waals surface area contributed by atoms with E-state index in [-0.39, 0.29) is 19.2 Å². The van der Waals surface area contributed by atoms with E-state index in [1.807, 2.05) is 18.2 Å². The van der Waals surface area contributed by atoms with Crippen LogP contribution in [0.5, 0.6) is 0 Å². The minimum absolute atomic E-state index is 0.140. The van der Waals surface area contributed by atoms with Crippen molar-refractivity contribution in [3.63, 3.8) is 0 Å². The quantitative estimate of drug-likeness (QED) is 0.882. The highest BCUT2D eigenvalue weighted by Gasteiger charge is 2.39. The van der Waals surface area contributed by atoms with E-state index in [1.54, 1.807) is 20.3 Å². The van der Waals surface area contributed by atoms with Gasteiger partial charge < -0.3 is 19.6 Å². The number of hydrogen-bond donors (Lipinski definition) is 1. The highest BCUT2D eigenvalue weighted by molar-refractivity contribution is 5.77. The van der Waals surface area contributed by atoms with Crippen molar-refractivity contribution < 1.29 is 19.4 Å². The number of nitrogens with zero attached hydrogens (tertiary/aromatic N) is 3. The van der Waals surface area contributed by atoms with Gasteiger partial charge in [-0.3, -0.25) is 9.78 Å². The fourth-order valence-corrected chi connectivity index (χ4v) is 2.37. The number of ether oxygens (including phenoxy) is 1. The normalized spacial score (nSPS) is 21.0. The van der Waals surface area contributed by atoms with Gasteiger partial charge in [0.25, 0.3) is 0 Å². The molecule has 0 aliphatic carbocycles. The molecule has 7 heteroatoms. The van der Waals surface area contributed by atoms with E-state index >= 15 is 0 Å². The van der Waals surface area contributed by atoms with Crippen LogP contribution in [0.1, 0.15) is 5.69 Å². The van der Waals surface area contributed by atoms with Crippen molar-refractivity contribution in [1.82, 2.24) is 14.8 Å². The van der Waals surface area contributed by atoms with Gasteiger partial charge in [0.1, 0.15) is 5.92 Å². The molecule has 0 saturated carbocycles. The van der Waals surface area contributed by atoms with Crippen molar-refractivity contribution in [2.75, 3.05) is 27.3 Å². The molecule has 21 heavy (non-hydrogen) atoms. The molecular weight excluding hydrogens is 274 g/mol. The Bertz CT molecular complexity index is 508. The molecule has 1 aromatic heterocycles. The largest absolute Gasteiger partial charge is 0.481 e. The van der Waals surface area contributed by atoms with E-state index in [0.29, 0.717) is 6.54 Å². The van der Waals surface area contributed by atoms with E-state index in [9.17, 15) is 9.59 Å². The van der Waals surface area contributed by atoms with E-state index in [4.69, 9.17) is 9.84 Å². The lowest BCUT2D eigenvalue weighted by molar-refractivity contribution is -0.142. The summed E-state index contributed by atoms with van der Waals surface area (Å²) in [6, 6.07) is 4.81. The highest BCUT2D eigenvalue weighted by atomic mass is 16.5. The van der Waals surface area contributed by atoms with Gasteiger partial charge in [0, 0.05) is 20.3 Å². The minimum Gasteiger partial charge on any atom is -0.481 e. The number of carbonyl (C=O) groups is 2. The summed E-state index contributed by atoms with van der Waals surface area (Å²) in [5.41, 5.74) is 0.777. The Morgan fingerprint density at radius 2 is 2.14 bits per heavy atom. The van der Waals surface area contributed by atoms with Crippen LogP contribution >= 0.6 is 0 Å². The van der Waals surface area contributed by atoms with Crippen molar-refractivity contribution in [3.8, 4) is 0 Å². The lowest BCUT2D eigenvalue weighted by Gasteiger charge is -2.30. The number of carboxylic acid groups (broad SMARTS) is 1. The first-order valence-corrected chi connectivity index (χ1v) is 6.69. The van der Waals surface area contributed by atoms with Crippen molar-refractivity contribution in [3.05, 3.63) is 30.1 Å². The second kappa shape index (κ2) is 6.53. The molecule has 1 fully saturated rings. The molecule has 2 rings (SSSR count). The Morgan fingerprint density at radius 3 is 2.76 bits per heavy atom. The summed E-state index contributed by atoms with van der Waals surface area (Å²) < 4.78 is 5.19. The molecule has 2 amide bonds. The summed E-state index contributed by atoms with van der Waals surface area (Å²) in [5, 5.41) is 9.15. The van der Waals surface area contributed by atoms with Crippen molar-refractivity contribution in [1.29, 1.82) is 0 Å². The summed E-state index contributed by atoms with van der Waals surface area (Å²) >= 11 is 0. The zero-order chi connectivity index (χ0) is 15.4. The number of aromatic nitrogens is 1. The van der Waals surface area contributed by atoms with Crippen LogP contribution < -0.4 is 0 Å². The molecule has 1 aliphatic rings. The van der Waals surface area contributed by atoms with Gasteiger partial charge in [-0.15, -0.1) is 0 Å². The predicted molar refractivity (Wildman–Crippen MR) is 74.6 cm³/mol. The maximum absolute atomic E-state index is 12.4. The first kappa shape index (κ1) is 15.2. The molecule has 1 saturated heterocycles. The minimum atomic E-state index is -0.940. The maximum Gasteiger partial charge on any atom is 0.320 e. The Hall–Kier alpha value is -2.15. The molecule has 1 N–H and O–H groups in total.